The van der Waals surface area contributed by atoms with E-state index in [0.717, 1.165) is 12.8 Å². The summed E-state index contributed by atoms with van der Waals surface area (Å²) in [6.07, 6.45) is 1.97. The molecule has 0 spiro atoms. The summed E-state index contributed by atoms with van der Waals surface area (Å²) in [5.41, 5.74) is -1.07. The quantitative estimate of drug-likeness (QED) is 0.698. The molecule has 0 aromatic heterocycles. The molecule has 0 aromatic carbocycles. The maximum Gasteiger partial charge on any atom is 0.329 e. The predicted octanol–water partition coefficient (Wildman–Crippen LogP) is 1.06. The second-order valence-electron chi connectivity index (χ2n) is 4.62. The van der Waals surface area contributed by atoms with Crippen LogP contribution in [0.3, 0.4) is 0 Å². The monoisotopic (exact) mass is 258 g/mol. The van der Waals surface area contributed by atoms with Crippen LogP contribution in [0.5, 0.6) is 0 Å². The fourth-order valence-corrected chi connectivity index (χ4v) is 2.12. The van der Waals surface area contributed by atoms with Gasteiger partial charge >= 0.3 is 12.0 Å². The Balaban J connectivity index is 2.39. The zero-order valence-corrected chi connectivity index (χ0v) is 11.1. The van der Waals surface area contributed by atoms with Crippen molar-refractivity contribution in [2.24, 2.45) is 0 Å². The van der Waals surface area contributed by atoms with Crippen molar-refractivity contribution in [3.8, 4) is 0 Å². The van der Waals surface area contributed by atoms with Gasteiger partial charge in [-0.25, -0.2) is 9.59 Å². The highest BCUT2D eigenvalue weighted by Crippen LogP contribution is 2.28. The molecule has 1 aliphatic heterocycles. The van der Waals surface area contributed by atoms with Gasteiger partial charge in [-0.1, -0.05) is 0 Å². The largest absolute Gasteiger partial charge is 0.480 e. The first-order valence-corrected chi connectivity index (χ1v) is 6.39. The fraction of sp³-hybridized carbons (Fsp3) is 0.833. The van der Waals surface area contributed by atoms with Gasteiger partial charge in [0, 0.05) is 26.3 Å². The Morgan fingerprint density at radius 3 is 2.83 bits per heavy atom. The summed E-state index contributed by atoms with van der Waals surface area (Å²) >= 11 is 0. The van der Waals surface area contributed by atoms with Gasteiger partial charge in [-0.05, 0) is 33.1 Å². The number of rotatable bonds is 6. The molecule has 0 aromatic rings. The number of carboxylic acid groups (broad SMARTS) is 1. The Kier molecular flexibility index (Phi) is 5.40. The summed E-state index contributed by atoms with van der Waals surface area (Å²) in [7, 11) is 0. The molecule has 1 aliphatic rings. The zero-order valence-electron chi connectivity index (χ0n) is 11.1. The van der Waals surface area contributed by atoms with Crippen LogP contribution in [0.15, 0.2) is 0 Å². The van der Waals surface area contributed by atoms with E-state index >= 15 is 0 Å². The maximum atomic E-state index is 11.9. The molecule has 104 valence electrons. The Hall–Kier alpha value is -1.30. The molecule has 6 nitrogen and oxygen atoms in total. The molecule has 18 heavy (non-hydrogen) atoms. The number of hydrogen-bond acceptors (Lipinski definition) is 3. The first kappa shape index (κ1) is 14.8. The lowest BCUT2D eigenvalue weighted by Crippen LogP contribution is -2.54. The van der Waals surface area contributed by atoms with Crippen LogP contribution in [-0.4, -0.2) is 53.8 Å². The van der Waals surface area contributed by atoms with E-state index in [9.17, 15) is 14.7 Å². The average Bonchev–Trinajstić information content (AvgIpc) is 2.72. The third kappa shape index (κ3) is 3.35. The summed E-state index contributed by atoms with van der Waals surface area (Å²) in [6, 6.07) is -0.297. The molecule has 0 aliphatic carbocycles. The van der Waals surface area contributed by atoms with Crippen molar-refractivity contribution in [1.29, 1.82) is 0 Å². The van der Waals surface area contributed by atoms with Crippen molar-refractivity contribution in [2.45, 2.75) is 38.6 Å². The van der Waals surface area contributed by atoms with Crippen molar-refractivity contribution in [2.75, 3.05) is 26.3 Å². The molecule has 1 heterocycles. The van der Waals surface area contributed by atoms with E-state index in [1.807, 2.05) is 6.92 Å². The molecule has 2 amide bonds. The van der Waals surface area contributed by atoms with Crippen LogP contribution in [0, 0.1) is 0 Å². The molecule has 1 unspecified atom stereocenters. The number of aliphatic carboxylic acids is 1. The number of carbonyl (C=O) groups excluding carboxylic acids is 1. The molecular weight excluding hydrogens is 236 g/mol. The lowest BCUT2D eigenvalue weighted by atomic mass is 10.00. The van der Waals surface area contributed by atoms with Crippen molar-refractivity contribution in [3.05, 3.63) is 0 Å². The molecule has 2 N–H and O–H groups in total. The van der Waals surface area contributed by atoms with E-state index in [2.05, 4.69) is 5.32 Å². The third-order valence-corrected chi connectivity index (χ3v) is 3.29. The van der Waals surface area contributed by atoms with Crippen LogP contribution >= 0.6 is 0 Å². The Morgan fingerprint density at radius 1 is 1.50 bits per heavy atom. The maximum absolute atomic E-state index is 11.9. The third-order valence-electron chi connectivity index (χ3n) is 3.29. The smallest absolute Gasteiger partial charge is 0.329 e. The molecule has 0 saturated carbocycles. The van der Waals surface area contributed by atoms with E-state index in [0.29, 0.717) is 32.7 Å². The van der Waals surface area contributed by atoms with Crippen LogP contribution in [0.4, 0.5) is 4.79 Å². The topological polar surface area (TPSA) is 78.9 Å². The van der Waals surface area contributed by atoms with Gasteiger partial charge in [0.05, 0.1) is 0 Å². The second kappa shape index (κ2) is 6.58. The van der Waals surface area contributed by atoms with E-state index in [1.54, 1.807) is 6.92 Å². The van der Waals surface area contributed by atoms with Gasteiger partial charge in [0.2, 0.25) is 0 Å². The predicted molar refractivity (Wildman–Crippen MR) is 66.5 cm³/mol. The highest BCUT2D eigenvalue weighted by Gasteiger charge is 2.45. The highest BCUT2D eigenvalue weighted by atomic mass is 16.5. The minimum absolute atomic E-state index is 0.297. The van der Waals surface area contributed by atoms with E-state index in [4.69, 9.17) is 4.74 Å². The number of likely N-dealkylation sites (tertiary alicyclic amines) is 1. The van der Waals surface area contributed by atoms with Crippen LogP contribution < -0.4 is 5.32 Å². The van der Waals surface area contributed by atoms with Gasteiger partial charge in [0.1, 0.15) is 5.54 Å². The zero-order chi connectivity index (χ0) is 13.6. The number of urea groups is 1. The number of amides is 2. The van der Waals surface area contributed by atoms with E-state index in [-0.39, 0.29) is 6.03 Å². The minimum Gasteiger partial charge on any atom is -0.480 e. The van der Waals surface area contributed by atoms with E-state index < -0.39 is 11.5 Å². The van der Waals surface area contributed by atoms with Gasteiger partial charge in [0.15, 0.2) is 0 Å². The van der Waals surface area contributed by atoms with Crippen molar-refractivity contribution >= 4 is 12.0 Å². The summed E-state index contributed by atoms with van der Waals surface area (Å²) in [5, 5.41) is 11.9. The van der Waals surface area contributed by atoms with Gasteiger partial charge in [0.25, 0.3) is 0 Å². The van der Waals surface area contributed by atoms with Crippen molar-refractivity contribution in [1.82, 2.24) is 10.2 Å². The lowest BCUT2D eigenvalue weighted by molar-refractivity contribution is -0.147. The van der Waals surface area contributed by atoms with Gasteiger partial charge in [-0.2, -0.15) is 0 Å². The summed E-state index contributed by atoms with van der Waals surface area (Å²) in [6.45, 7) is 5.79. The summed E-state index contributed by atoms with van der Waals surface area (Å²) in [4.78, 5) is 24.5. The second-order valence-corrected chi connectivity index (χ2v) is 4.62. The molecule has 1 rings (SSSR count). The highest BCUT2D eigenvalue weighted by molar-refractivity contribution is 5.86. The van der Waals surface area contributed by atoms with Crippen LogP contribution in [0.2, 0.25) is 0 Å². The first-order valence-electron chi connectivity index (χ1n) is 6.39. The van der Waals surface area contributed by atoms with Gasteiger partial charge < -0.3 is 20.1 Å². The number of carbonyl (C=O) groups is 2. The van der Waals surface area contributed by atoms with Crippen LogP contribution in [0.1, 0.15) is 33.1 Å². The minimum atomic E-state index is -1.07. The molecule has 0 radical (unpaired) electrons. The molecule has 0 bridgehead atoms. The van der Waals surface area contributed by atoms with Gasteiger partial charge in [-0.15, -0.1) is 0 Å². The number of ether oxygens (including phenoxy) is 1. The van der Waals surface area contributed by atoms with Crippen molar-refractivity contribution < 1.29 is 19.4 Å². The normalized spacial score (nSPS) is 23.1. The molecule has 1 fully saturated rings. The van der Waals surface area contributed by atoms with Crippen LogP contribution in [0.25, 0.3) is 0 Å². The molecule has 1 saturated heterocycles. The summed E-state index contributed by atoms with van der Waals surface area (Å²) in [5.74, 6) is -0.940. The number of hydrogen-bond donors (Lipinski definition) is 2. The molecule has 1 atom stereocenters. The molecular formula is C12H22N2O4. The van der Waals surface area contributed by atoms with Crippen molar-refractivity contribution in [3.63, 3.8) is 0 Å². The number of nitrogens with one attached hydrogen (secondary N) is 1. The van der Waals surface area contributed by atoms with Gasteiger partial charge in [-0.3, -0.25) is 0 Å². The number of carboxylic acids is 1. The first-order chi connectivity index (χ1) is 8.52. The Bertz CT molecular complexity index is 308. The molecule has 6 heteroatoms. The van der Waals surface area contributed by atoms with Crippen LogP contribution in [-0.2, 0) is 9.53 Å². The fourth-order valence-electron chi connectivity index (χ4n) is 2.12. The number of nitrogens with zero attached hydrogens (tertiary/aromatic N) is 1. The standard InChI is InChI=1S/C12H22N2O4/c1-3-18-9-5-7-13-11(17)14-8-4-6-12(14,2)10(15)16/h3-9H2,1-2H3,(H,13,17)(H,15,16). The lowest BCUT2D eigenvalue weighted by Gasteiger charge is -2.31. The SMILES string of the molecule is CCOCCCNC(=O)N1CCCC1(C)C(=O)O. The average molecular weight is 258 g/mol. The van der Waals surface area contributed by atoms with E-state index in [1.165, 1.54) is 4.90 Å². The Labute approximate surface area is 107 Å². The Morgan fingerprint density at radius 2 is 2.22 bits per heavy atom. The summed E-state index contributed by atoms with van der Waals surface area (Å²) < 4.78 is 5.16.